The first-order valence-electron chi connectivity index (χ1n) is 11.7. The Bertz CT molecular complexity index is 1020. The quantitative estimate of drug-likeness (QED) is 0.335. The Hall–Kier alpha value is -4.06. The highest BCUT2D eigenvalue weighted by molar-refractivity contribution is 5.97. The first-order chi connectivity index (χ1) is 17.4. The van der Waals surface area contributed by atoms with E-state index in [4.69, 9.17) is 4.84 Å². The second-order valence-electron chi connectivity index (χ2n) is 8.28. The largest absolute Gasteiger partial charge is 0.464 e. The average Bonchev–Trinajstić information content (AvgIpc) is 3.35. The third-order valence-corrected chi connectivity index (χ3v) is 5.77. The normalized spacial score (nSPS) is 15.9. The Labute approximate surface area is 208 Å². The highest BCUT2D eigenvalue weighted by Gasteiger charge is 2.44. The van der Waals surface area contributed by atoms with E-state index in [9.17, 15) is 24.3 Å². The van der Waals surface area contributed by atoms with E-state index in [1.807, 2.05) is 37.3 Å². The number of nitrogens with zero attached hydrogens (tertiary/aromatic N) is 5. The van der Waals surface area contributed by atoms with E-state index in [1.165, 1.54) is 18.6 Å². The summed E-state index contributed by atoms with van der Waals surface area (Å²) < 4.78 is 0. The maximum absolute atomic E-state index is 13.7. The monoisotopic (exact) mass is 498 g/mol. The van der Waals surface area contributed by atoms with Crippen LogP contribution in [-0.4, -0.2) is 73.6 Å². The van der Waals surface area contributed by atoms with Crippen LogP contribution < -0.4 is 5.32 Å². The van der Waals surface area contributed by atoms with Crippen molar-refractivity contribution in [3.8, 4) is 0 Å². The van der Waals surface area contributed by atoms with E-state index in [0.29, 0.717) is 19.3 Å². The number of hydrazine groups is 1. The number of nitrogens with one attached hydrogen (secondary N) is 1. The second kappa shape index (κ2) is 13.1. The molecule has 2 heterocycles. The van der Waals surface area contributed by atoms with Crippen molar-refractivity contribution >= 4 is 30.1 Å². The predicted octanol–water partition coefficient (Wildman–Crippen LogP) is 2.31. The molecular formula is C24H30N6O6. The van der Waals surface area contributed by atoms with E-state index in [-0.39, 0.29) is 31.9 Å². The Morgan fingerprint density at radius 2 is 2.06 bits per heavy atom. The molecule has 2 atom stereocenters. The fourth-order valence-electron chi connectivity index (χ4n) is 3.93. The zero-order chi connectivity index (χ0) is 25.9. The standard InChI is InChI=1S/C24H30N6O6/c1-2-3-9-19(14-28(17-31)36-15-18-7-5-4-6-8-18)23(33)30-20(11-13-29(30)24(34)35)22(32)27-21-10-12-25-16-26-21/h4-8,10,12,16-17,19-20H,2-3,9,11,13-15H2,1H3,(H,34,35)(H,25,26,27,32)/t19-,20+/m1/s1. The molecule has 4 amide bonds. The van der Waals surface area contributed by atoms with Crippen molar-refractivity contribution in [3.63, 3.8) is 0 Å². The summed E-state index contributed by atoms with van der Waals surface area (Å²) in [6, 6.07) is 9.68. The van der Waals surface area contributed by atoms with Crippen LogP contribution in [0.5, 0.6) is 0 Å². The molecule has 0 saturated carbocycles. The number of hydrogen-bond acceptors (Lipinski definition) is 7. The third kappa shape index (κ3) is 6.98. The number of aromatic nitrogens is 2. The van der Waals surface area contributed by atoms with Crippen molar-refractivity contribution in [2.75, 3.05) is 18.4 Å². The molecule has 1 aromatic heterocycles. The summed E-state index contributed by atoms with van der Waals surface area (Å²) in [5, 5.41) is 15.2. The van der Waals surface area contributed by atoms with Gasteiger partial charge in [0.15, 0.2) is 0 Å². The number of hydrogen-bond donors (Lipinski definition) is 2. The van der Waals surface area contributed by atoms with Crippen molar-refractivity contribution in [1.29, 1.82) is 0 Å². The van der Waals surface area contributed by atoms with Crippen molar-refractivity contribution in [1.82, 2.24) is 25.0 Å². The van der Waals surface area contributed by atoms with E-state index < -0.39 is 29.9 Å². The van der Waals surface area contributed by atoms with Crippen LogP contribution in [0.15, 0.2) is 48.9 Å². The Morgan fingerprint density at radius 3 is 2.69 bits per heavy atom. The number of unbranched alkanes of at least 4 members (excludes halogenated alkanes) is 1. The third-order valence-electron chi connectivity index (χ3n) is 5.77. The lowest BCUT2D eigenvalue weighted by Gasteiger charge is -2.33. The van der Waals surface area contributed by atoms with Crippen LogP contribution in [0.3, 0.4) is 0 Å². The number of carbonyl (C=O) groups is 4. The molecule has 0 aliphatic carbocycles. The molecule has 1 aliphatic rings. The van der Waals surface area contributed by atoms with Crippen molar-refractivity contribution < 1.29 is 29.1 Å². The summed E-state index contributed by atoms with van der Waals surface area (Å²) >= 11 is 0. The van der Waals surface area contributed by atoms with Crippen molar-refractivity contribution in [2.24, 2.45) is 5.92 Å². The van der Waals surface area contributed by atoms with Gasteiger partial charge < -0.3 is 10.4 Å². The lowest BCUT2D eigenvalue weighted by molar-refractivity contribution is -0.185. The first kappa shape index (κ1) is 26.5. The van der Waals surface area contributed by atoms with Gasteiger partial charge in [0.05, 0.1) is 12.5 Å². The molecule has 0 radical (unpaired) electrons. The summed E-state index contributed by atoms with van der Waals surface area (Å²) in [6.07, 6.45) is 3.83. The van der Waals surface area contributed by atoms with Gasteiger partial charge in [-0.15, -0.1) is 0 Å². The van der Waals surface area contributed by atoms with Gasteiger partial charge in [-0.2, -0.15) is 0 Å². The molecule has 1 fully saturated rings. The molecule has 3 rings (SSSR count). The van der Waals surface area contributed by atoms with Gasteiger partial charge in [0.1, 0.15) is 24.8 Å². The summed E-state index contributed by atoms with van der Waals surface area (Å²) in [5.41, 5.74) is 0.846. The van der Waals surface area contributed by atoms with E-state index in [0.717, 1.165) is 27.1 Å². The van der Waals surface area contributed by atoms with Crippen LogP contribution in [0, 0.1) is 5.92 Å². The summed E-state index contributed by atoms with van der Waals surface area (Å²) in [5.74, 6) is -1.67. The molecule has 36 heavy (non-hydrogen) atoms. The minimum absolute atomic E-state index is 0.0225. The van der Waals surface area contributed by atoms with Crippen LogP contribution in [0.2, 0.25) is 0 Å². The molecule has 2 aromatic rings. The smallest absolute Gasteiger partial charge is 0.426 e. The van der Waals surface area contributed by atoms with E-state index in [1.54, 1.807) is 0 Å². The van der Waals surface area contributed by atoms with Gasteiger partial charge in [0.2, 0.25) is 12.3 Å². The lowest BCUT2D eigenvalue weighted by atomic mass is 10.00. The minimum Gasteiger partial charge on any atom is -0.464 e. The number of anilines is 1. The van der Waals surface area contributed by atoms with Crippen LogP contribution in [0.25, 0.3) is 0 Å². The molecule has 0 bridgehead atoms. The van der Waals surface area contributed by atoms with Crippen molar-refractivity contribution in [3.05, 3.63) is 54.5 Å². The maximum Gasteiger partial charge on any atom is 0.426 e. The number of carboxylic acid groups (broad SMARTS) is 1. The SMILES string of the molecule is CCCC[C@H](CN(C=O)OCc1ccccc1)C(=O)N1[C@H](C(=O)Nc2ccncn2)CCN1C(=O)O. The van der Waals surface area contributed by atoms with Gasteiger partial charge >= 0.3 is 6.09 Å². The van der Waals surface area contributed by atoms with Crippen LogP contribution in [-0.2, 0) is 25.8 Å². The second-order valence-corrected chi connectivity index (χ2v) is 8.28. The maximum atomic E-state index is 13.7. The van der Waals surface area contributed by atoms with Crippen LogP contribution >= 0.6 is 0 Å². The highest BCUT2D eigenvalue weighted by Crippen LogP contribution is 2.25. The fraction of sp³-hybridized carbons (Fsp3) is 0.417. The Morgan fingerprint density at radius 1 is 1.28 bits per heavy atom. The Balaban J connectivity index is 1.77. The van der Waals surface area contributed by atoms with Gasteiger partial charge in [0.25, 0.3) is 5.91 Å². The van der Waals surface area contributed by atoms with E-state index >= 15 is 0 Å². The molecule has 12 nitrogen and oxygen atoms in total. The van der Waals surface area contributed by atoms with Crippen molar-refractivity contribution in [2.45, 2.75) is 45.3 Å². The number of amides is 4. The topological polar surface area (TPSA) is 145 Å². The van der Waals surface area contributed by atoms with Gasteiger partial charge in [0, 0.05) is 12.7 Å². The van der Waals surface area contributed by atoms with Crippen LogP contribution in [0.1, 0.15) is 38.2 Å². The van der Waals surface area contributed by atoms with Gasteiger partial charge in [-0.25, -0.2) is 29.8 Å². The molecule has 0 unspecified atom stereocenters. The number of carbonyl (C=O) groups excluding carboxylic acids is 3. The molecule has 1 aliphatic heterocycles. The summed E-state index contributed by atoms with van der Waals surface area (Å²) in [6.45, 7) is 1.98. The molecular weight excluding hydrogens is 468 g/mol. The zero-order valence-electron chi connectivity index (χ0n) is 20.0. The lowest BCUT2D eigenvalue weighted by Crippen LogP contribution is -2.54. The molecule has 1 saturated heterocycles. The minimum atomic E-state index is -1.34. The predicted molar refractivity (Wildman–Crippen MR) is 128 cm³/mol. The molecule has 1 aromatic carbocycles. The van der Waals surface area contributed by atoms with Gasteiger partial charge in [-0.3, -0.25) is 19.2 Å². The average molecular weight is 499 g/mol. The van der Waals surface area contributed by atoms with Gasteiger partial charge in [-0.1, -0.05) is 50.1 Å². The van der Waals surface area contributed by atoms with Gasteiger partial charge in [-0.05, 0) is 24.5 Å². The molecule has 192 valence electrons. The fourth-order valence-corrected chi connectivity index (χ4v) is 3.93. The van der Waals surface area contributed by atoms with Crippen LogP contribution in [0.4, 0.5) is 10.6 Å². The number of benzene rings is 1. The molecule has 0 spiro atoms. The number of rotatable bonds is 12. The summed E-state index contributed by atoms with van der Waals surface area (Å²) in [4.78, 5) is 63.6. The highest BCUT2D eigenvalue weighted by atomic mass is 16.7. The zero-order valence-corrected chi connectivity index (χ0v) is 20.0. The Kier molecular flexibility index (Phi) is 9.69. The summed E-state index contributed by atoms with van der Waals surface area (Å²) in [7, 11) is 0. The first-order valence-corrected chi connectivity index (χ1v) is 11.7. The number of hydroxylamine groups is 2. The van der Waals surface area contributed by atoms with E-state index in [2.05, 4.69) is 15.3 Å². The molecule has 12 heteroatoms. The molecule has 2 N–H and O–H groups in total.